The molecule has 4 N–H and O–H groups in total. The predicted molar refractivity (Wildman–Crippen MR) is 485 cm³/mol. The summed E-state index contributed by atoms with van der Waals surface area (Å²) in [6, 6.07) is 51.0. The molecule has 22 bridgehead atoms. The first-order valence-corrected chi connectivity index (χ1v) is 49.8. The van der Waals surface area contributed by atoms with Gasteiger partial charge in [0.2, 0.25) is 0 Å². The van der Waals surface area contributed by atoms with Gasteiger partial charge in [-0.3, -0.25) is 19.9 Å². The maximum absolute atomic E-state index is 8.56. The second-order valence-corrected chi connectivity index (χ2v) is 45.4. The van der Waals surface area contributed by atoms with Crippen LogP contribution in [-0.2, 0) is 96.7 Å². The van der Waals surface area contributed by atoms with E-state index in [2.05, 4.69) is 119 Å². The van der Waals surface area contributed by atoms with Gasteiger partial charge in [-0.05, 0) is 417 Å². The minimum Gasteiger partial charge on any atom is -0.393 e. The zero-order valence-electron chi connectivity index (χ0n) is 75.7. The third-order valence-electron chi connectivity index (χ3n) is 36.4. The van der Waals surface area contributed by atoms with E-state index >= 15 is 0 Å². The minimum absolute atomic E-state index is 0. The van der Waals surface area contributed by atoms with Gasteiger partial charge >= 0.3 is 0 Å². The zero-order chi connectivity index (χ0) is 83.4. The van der Waals surface area contributed by atoms with Crippen molar-refractivity contribution in [2.24, 2.45) is 124 Å². The molecule has 4 aromatic heterocycles. The van der Waals surface area contributed by atoms with E-state index in [1.54, 1.807) is 51.5 Å². The molecule has 31 rings (SSSR count). The molecule has 0 spiro atoms. The van der Waals surface area contributed by atoms with Crippen molar-refractivity contribution in [1.82, 2.24) is 39.9 Å². The standard InChI is InChI=1S/2C30H35N2.C21H23N2.C20H21N2.2C5H12O2.4Ir/c1-2-25(10-26(3-1)29-12-19-4-20(13-29)6-21(5-19)14-29)27-11-28(32-18-31-27)30-15-22-7-23(16-30)9-24(8-22)17-30;1-2-21(14-22(3-1)29-23-6-17-4-18(8-23)9-24(29)7-17)27-15-28(32-16-31-27)30-25-10-19-5-20(12-25)13-26(30)11-19;1-14-19(18-5-3-2-4-6-18)22-13-23-20(14)21-10-15-7-16(11-21)9-17(8-15)12-21;1-2-5-13(6-3-1)19-11-20(22-12-21-19)18-10-14-9-17(18)16-8-4-7-15(14)16;2*1-4(6)3-5(2)7;;;;/h1,3,10-11,18-24H,4-9,12-17H2;1,3,14-20,23-26,29-30H,4-13H2;2-5,13,15-17H,7-12H2,1H3;1-3,5,11-12,14-18H,4,7-10H2;2*4-7H,3H2,1-2H3;;;;/q4*-1;;;;;;. The summed E-state index contributed by atoms with van der Waals surface area (Å²) >= 11 is 0. The summed E-state index contributed by atoms with van der Waals surface area (Å²) in [6.07, 6.45) is 54.5. The summed E-state index contributed by atoms with van der Waals surface area (Å²) < 4.78 is 0. The third kappa shape index (κ3) is 19.8. The van der Waals surface area contributed by atoms with E-state index in [-0.39, 0.29) is 105 Å². The van der Waals surface area contributed by atoms with E-state index in [0.717, 1.165) is 164 Å². The van der Waals surface area contributed by atoms with Gasteiger partial charge in [-0.15, -0.1) is 143 Å². The molecule has 23 fully saturated rings. The van der Waals surface area contributed by atoms with Crippen molar-refractivity contribution in [3.8, 4) is 45.0 Å². The number of benzene rings is 4. The maximum Gasteiger partial charge on any atom is 0.105 e. The van der Waals surface area contributed by atoms with E-state index < -0.39 is 0 Å². The number of hydrogen-bond donors (Lipinski definition) is 4. The summed E-state index contributed by atoms with van der Waals surface area (Å²) in [5, 5.41) is 34.3. The minimum atomic E-state index is -0.375. The first kappa shape index (κ1) is 94.4. The van der Waals surface area contributed by atoms with Gasteiger partial charge in [-0.2, -0.15) is 0 Å². The molecule has 23 saturated carbocycles. The van der Waals surface area contributed by atoms with Crippen LogP contribution in [0.2, 0.25) is 0 Å². The van der Waals surface area contributed by atoms with Crippen molar-refractivity contribution >= 4 is 0 Å². The van der Waals surface area contributed by atoms with Crippen LogP contribution in [0.5, 0.6) is 0 Å². The van der Waals surface area contributed by atoms with Gasteiger partial charge in [0.1, 0.15) is 25.3 Å². The summed E-state index contributed by atoms with van der Waals surface area (Å²) in [5.41, 5.74) is 19.7. The van der Waals surface area contributed by atoms with Gasteiger partial charge in [0.25, 0.3) is 0 Å². The van der Waals surface area contributed by atoms with E-state index in [4.69, 9.17) is 45.3 Å². The first-order chi connectivity index (χ1) is 59.8. The van der Waals surface area contributed by atoms with Crippen LogP contribution in [0.1, 0.15) is 310 Å². The van der Waals surface area contributed by atoms with Gasteiger partial charge < -0.3 is 20.4 Å². The molecule has 686 valence electrons. The fourth-order valence-corrected chi connectivity index (χ4v) is 33.9. The Kier molecular flexibility index (Phi) is 29.7. The van der Waals surface area contributed by atoms with Crippen LogP contribution in [0, 0.1) is 155 Å². The smallest absolute Gasteiger partial charge is 0.105 e. The first-order valence-electron chi connectivity index (χ1n) is 49.8. The number of rotatable bonds is 14. The summed E-state index contributed by atoms with van der Waals surface area (Å²) in [6.45, 7) is 8.86. The van der Waals surface area contributed by atoms with Crippen LogP contribution in [0.3, 0.4) is 0 Å². The molecular formula is C111H138Ir4N8O4-4. The van der Waals surface area contributed by atoms with Crippen molar-refractivity contribution in [3.63, 3.8) is 0 Å². The van der Waals surface area contributed by atoms with E-state index in [1.807, 2.05) is 43.0 Å². The molecule has 127 heavy (non-hydrogen) atoms. The van der Waals surface area contributed by atoms with E-state index in [9.17, 15) is 0 Å². The summed E-state index contributed by atoms with van der Waals surface area (Å²) in [7, 11) is 0. The van der Waals surface area contributed by atoms with Crippen LogP contribution < -0.4 is 0 Å². The molecule has 8 aromatic rings. The van der Waals surface area contributed by atoms with Crippen molar-refractivity contribution in [2.45, 2.75) is 318 Å². The molecular weight excluding hydrogens is 2280 g/mol. The zero-order valence-corrected chi connectivity index (χ0v) is 85.3. The molecule has 4 heterocycles. The molecule has 4 aromatic carbocycles. The normalized spacial score (nSPS) is 37.5. The number of hydrogen-bond acceptors (Lipinski definition) is 12. The average molecular weight is 2420 g/mol. The molecule has 4 radical (unpaired) electrons. The summed E-state index contributed by atoms with van der Waals surface area (Å²) in [4.78, 5) is 37.9. The molecule has 0 saturated heterocycles. The Morgan fingerprint density at radius 2 is 0.748 bits per heavy atom. The maximum atomic E-state index is 8.56. The van der Waals surface area contributed by atoms with Gasteiger partial charge in [0.15, 0.2) is 0 Å². The molecule has 12 nitrogen and oxygen atoms in total. The van der Waals surface area contributed by atoms with Crippen molar-refractivity contribution in [2.75, 3.05) is 0 Å². The van der Waals surface area contributed by atoms with Crippen molar-refractivity contribution in [1.29, 1.82) is 0 Å². The molecule has 23 aliphatic carbocycles. The number of aliphatic hydroxyl groups excluding tert-OH is 4. The Morgan fingerprint density at radius 1 is 0.339 bits per heavy atom. The quantitative estimate of drug-likeness (QED) is 0.0757. The third-order valence-corrected chi connectivity index (χ3v) is 36.4. The SMILES string of the molecule is CC(O)CC(C)O.CC(O)CC(C)O.Cc1c(-c2[c-]cccc2)ncnc1C12CC3CC(CC(C3)C1)C2.[Ir].[Ir].[Ir].[Ir].[c-]1ccc(C23CC4CC(CC(C4)C2)C3)cc1-c1cc(C23CC4CC(CC(C4)C2)C3)ncn1.[c-]1ccc(C2C3CC4CC(C3)CC2C4)cc1-c1cc(C2C3CC4CC(C3)CC2C4)ncn1.[c-]1ccccc1-c1cc(C2CC3CC2C2CCCC32)ncn1. The molecule has 9 unspecified atom stereocenters. The number of aliphatic hydroxyl groups is 4. The Balaban J connectivity index is 0.000000113. The Bertz CT molecular complexity index is 4650. The van der Waals surface area contributed by atoms with Gasteiger partial charge in [-0.1, -0.05) is 24.6 Å². The van der Waals surface area contributed by atoms with Crippen LogP contribution in [0.4, 0.5) is 0 Å². The van der Waals surface area contributed by atoms with Gasteiger partial charge in [-0.25, -0.2) is 19.9 Å². The van der Waals surface area contributed by atoms with Crippen molar-refractivity contribution in [3.05, 3.63) is 192 Å². The molecule has 16 heteroatoms. The topological polar surface area (TPSA) is 184 Å². The number of aromatic nitrogens is 8. The fraction of sp³-hybridized carbons (Fsp3) is 0.640. The Labute approximate surface area is 813 Å². The van der Waals surface area contributed by atoms with Gasteiger partial charge in [0, 0.05) is 126 Å². The largest absolute Gasteiger partial charge is 0.393 e. The molecule has 0 aliphatic heterocycles. The van der Waals surface area contributed by atoms with E-state index in [0.29, 0.717) is 40.9 Å². The summed E-state index contributed by atoms with van der Waals surface area (Å²) in [5.74, 6) is 22.4. The predicted octanol–water partition coefficient (Wildman–Crippen LogP) is 23.4. The van der Waals surface area contributed by atoms with Crippen LogP contribution in [0.15, 0.2) is 128 Å². The van der Waals surface area contributed by atoms with Crippen LogP contribution in [-0.4, -0.2) is 84.7 Å². The molecule has 9 atom stereocenters. The Morgan fingerprint density at radius 3 is 1.24 bits per heavy atom. The molecule has 0 amide bonds. The number of fused-ring (bicyclic) bond motifs is 5. The number of nitrogens with zero attached hydrogens (tertiary/aromatic N) is 8. The van der Waals surface area contributed by atoms with Gasteiger partial charge in [0.05, 0.1) is 24.4 Å². The van der Waals surface area contributed by atoms with Crippen LogP contribution in [0.25, 0.3) is 45.0 Å². The second-order valence-electron chi connectivity index (χ2n) is 45.4. The van der Waals surface area contributed by atoms with Crippen LogP contribution >= 0.6 is 0 Å². The average Bonchev–Trinajstić information content (AvgIpc) is 1.62. The van der Waals surface area contributed by atoms with Crippen molar-refractivity contribution < 1.29 is 101 Å². The molecule has 23 aliphatic rings. The second kappa shape index (κ2) is 39.9. The monoisotopic (exact) mass is 2420 g/mol. The van der Waals surface area contributed by atoms with E-state index in [1.165, 1.54) is 251 Å². The Hall–Kier alpha value is -4.36. The fourth-order valence-electron chi connectivity index (χ4n) is 33.9.